The van der Waals surface area contributed by atoms with Gasteiger partial charge in [0.05, 0.1) is 21.5 Å². The molecule has 0 radical (unpaired) electrons. The summed E-state index contributed by atoms with van der Waals surface area (Å²) in [7, 11) is 0. The SMILES string of the molecule is CCCc1[nH]n(-c2nc3ccccc3s2)c(=O)c1/C(C)=N/NC(=O)c1ccccc1. The van der Waals surface area contributed by atoms with E-state index in [2.05, 4.69) is 20.6 Å². The van der Waals surface area contributed by atoms with Crippen molar-refractivity contribution in [3.63, 3.8) is 0 Å². The number of hydrogen-bond donors (Lipinski definition) is 2. The summed E-state index contributed by atoms with van der Waals surface area (Å²) >= 11 is 1.44. The molecule has 8 heteroatoms. The maximum absolute atomic E-state index is 13.2. The number of thiazole rings is 1. The molecule has 2 N–H and O–H groups in total. The average Bonchev–Trinajstić information content (AvgIpc) is 3.33. The Labute approximate surface area is 177 Å². The number of carbonyl (C=O) groups is 1. The molecule has 0 aliphatic carbocycles. The number of para-hydroxylation sites is 1. The van der Waals surface area contributed by atoms with Gasteiger partial charge in [-0.1, -0.05) is 55.0 Å². The van der Waals surface area contributed by atoms with Crippen molar-refractivity contribution >= 4 is 33.2 Å². The molecular weight excluding hydrogens is 398 g/mol. The van der Waals surface area contributed by atoms with E-state index in [4.69, 9.17) is 0 Å². The van der Waals surface area contributed by atoms with Crippen molar-refractivity contribution in [2.24, 2.45) is 5.10 Å². The second-order valence-corrected chi connectivity index (χ2v) is 7.83. The third kappa shape index (κ3) is 3.81. The van der Waals surface area contributed by atoms with Gasteiger partial charge in [-0.15, -0.1) is 0 Å². The number of H-pyrrole nitrogens is 1. The number of nitrogens with one attached hydrogen (secondary N) is 2. The maximum atomic E-state index is 13.2. The van der Waals surface area contributed by atoms with Crippen molar-refractivity contribution in [2.75, 3.05) is 0 Å². The minimum absolute atomic E-state index is 0.229. The van der Waals surface area contributed by atoms with Gasteiger partial charge in [0.25, 0.3) is 11.5 Å². The van der Waals surface area contributed by atoms with Crippen LogP contribution in [0.4, 0.5) is 0 Å². The number of amides is 1. The molecule has 2 aromatic heterocycles. The summed E-state index contributed by atoms with van der Waals surface area (Å²) in [6, 6.07) is 16.6. The van der Waals surface area contributed by atoms with Crippen molar-refractivity contribution in [3.05, 3.63) is 81.8 Å². The van der Waals surface area contributed by atoms with Gasteiger partial charge in [0.15, 0.2) is 0 Å². The summed E-state index contributed by atoms with van der Waals surface area (Å²) in [5.74, 6) is -0.325. The van der Waals surface area contributed by atoms with Crippen LogP contribution in [0, 0.1) is 0 Å². The highest BCUT2D eigenvalue weighted by molar-refractivity contribution is 7.20. The van der Waals surface area contributed by atoms with Crippen molar-refractivity contribution in [1.29, 1.82) is 0 Å². The standard InChI is InChI=1S/C22H21N5O2S/c1-3-9-17-19(14(2)24-25-20(28)15-10-5-4-6-11-15)21(29)27(26-17)22-23-16-12-7-8-13-18(16)30-22/h4-8,10-13,26H,3,9H2,1-2H3,(H,25,28)/b24-14+. The number of fused-ring (bicyclic) bond motifs is 1. The fourth-order valence-electron chi connectivity index (χ4n) is 3.22. The molecule has 0 aliphatic heterocycles. The third-order valence-electron chi connectivity index (χ3n) is 4.66. The van der Waals surface area contributed by atoms with Gasteiger partial charge < -0.3 is 0 Å². The van der Waals surface area contributed by atoms with Gasteiger partial charge in [-0.05, 0) is 37.6 Å². The first-order valence-electron chi connectivity index (χ1n) is 9.68. The van der Waals surface area contributed by atoms with Crippen LogP contribution in [0.25, 0.3) is 15.3 Å². The molecule has 0 aliphatic rings. The van der Waals surface area contributed by atoms with Crippen LogP contribution in [0.5, 0.6) is 0 Å². The van der Waals surface area contributed by atoms with E-state index in [1.165, 1.54) is 16.0 Å². The molecule has 0 unspecified atom stereocenters. The first-order chi connectivity index (χ1) is 14.6. The van der Waals surface area contributed by atoms with Gasteiger partial charge in [-0.25, -0.2) is 10.4 Å². The molecule has 4 rings (SSSR count). The number of aromatic nitrogens is 3. The molecule has 4 aromatic rings. The van der Waals surface area contributed by atoms with E-state index < -0.39 is 0 Å². The predicted molar refractivity (Wildman–Crippen MR) is 120 cm³/mol. The van der Waals surface area contributed by atoms with Crippen LogP contribution >= 0.6 is 11.3 Å². The van der Waals surface area contributed by atoms with E-state index in [1.807, 2.05) is 37.3 Å². The van der Waals surface area contributed by atoms with Crippen LogP contribution in [0.2, 0.25) is 0 Å². The molecule has 30 heavy (non-hydrogen) atoms. The molecule has 0 fully saturated rings. The lowest BCUT2D eigenvalue weighted by Gasteiger charge is -2.02. The van der Waals surface area contributed by atoms with Crippen LogP contribution < -0.4 is 11.0 Å². The fraction of sp³-hybridized carbons (Fsp3) is 0.182. The molecule has 2 heterocycles. The van der Waals surface area contributed by atoms with Gasteiger partial charge in [0.1, 0.15) is 0 Å². The van der Waals surface area contributed by atoms with Gasteiger partial charge >= 0.3 is 0 Å². The summed E-state index contributed by atoms with van der Waals surface area (Å²) in [5.41, 5.74) is 5.34. The van der Waals surface area contributed by atoms with Crippen LogP contribution in [0.3, 0.4) is 0 Å². The molecule has 152 valence electrons. The van der Waals surface area contributed by atoms with Crippen LogP contribution in [-0.4, -0.2) is 26.4 Å². The normalized spacial score (nSPS) is 11.7. The lowest BCUT2D eigenvalue weighted by Crippen LogP contribution is -2.23. The number of benzene rings is 2. The highest BCUT2D eigenvalue weighted by atomic mass is 32.1. The van der Waals surface area contributed by atoms with Crippen LogP contribution in [-0.2, 0) is 6.42 Å². The Balaban J connectivity index is 1.70. The summed E-state index contributed by atoms with van der Waals surface area (Å²) in [4.78, 5) is 30.1. The number of rotatable bonds is 6. The molecule has 0 atom stereocenters. The first-order valence-corrected chi connectivity index (χ1v) is 10.5. The number of nitrogens with zero attached hydrogens (tertiary/aromatic N) is 3. The van der Waals surface area contributed by atoms with E-state index in [0.29, 0.717) is 28.4 Å². The van der Waals surface area contributed by atoms with E-state index in [0.717, 1.165) is 22.3 Å². The Morgan fingerprint density at radius 2 is 1.90 bits per heavy atom. The zero-order chi connectivity index (χ0) is 21.1. The Bertz CT molecular complexity index is 1250. The Morgan fingerprint density at radius 3 is 2.63 bits per heavy atom. The number of hydrogen-bond acceptors (Lipinski definition) is 5. The smallest absolute Gasteiger partial charge is 0.282 e. The molecule has 7 nitrogen and oxygen atoms in total. The summed E-state index contributed by atoms with van der Waals surface area (Å²) in [6.45, 7) is 3.76. The minimum atomic E-state index is -0.325. The number of aryl methyl sites for hydroxylation is 1. The molecule has 2 aromatic carbocycles. The Hall–Kier alpha value is -3.52. The topological polar surface area (TPSA) is 92.1 Å². The molecule has 0 saturated heterocycles. The monoisotopic (exact) mass is 419 g/mol. The third-order valence-corrected chi connectivity index (χ3v) is 5.68. The number of aromatic amines is 1. The van der Waals surface area contributed by atoms with Crippen molar-refractivity contribution < 1.29 is 4.79 Å². The highest BCUT2D eigenvalue weighted by Gasteiger charge is 2.19. The average molecular weight is 420 g/mol. The lowest BCUT2D eigenvalue weighted by atomic mass is 10.1. The second-order valence-electron chi connectivity index (χ2n) is 6.82. The highest BCUT2D eigenvalue weighted by Crippen LogP contribution is 2.24. The molecular formula is C22H21N5O2S. The van der Waals surface area contributed by atoms with E-state index in [1.54, 1.807) is 31.2 Å². The predicted octanol–water partition coefficient (Wildman–Crippen LogP) is 3.88. The van der Waals surface area contributed by atoms with Crippen molar-refractivity contribution in [1.82, 2.24) is 20.2 Å². The van der Waals surface area contributed by atoms with Gasteiger partial charge in [0, 0.05) is 11.3 Å². The summed E-state index contributed by atoms with van der Waals surface area (Å²) < 4.78 is 2.47. The molecule has 0 bridgehead atoms. The Kier molecular flexibility index (Phi) is 5.58. The van der Waals surface area contributed by atoms with E-state index in [9.17, 15) is 9.59 Å². The molecule has 0 saturated carbocycles. The van der Waals surface area contributed by atoms with Gasteiger partial charge in [0.2, 0.25) is 5.13 Å². The molecule has 1 amide bonds. The van der Waals surface area contributed by atoms with E-state index >= 15 is 0 Å². The molecule has 0 spiro atoms. The summed E-state index contributed by atoms with van der Waals surface area (Å²) in [5, 5.41) is 7.95. The van der Waals surface area contributed by atoms with Gasteiger partial charge in [-0.2, -0.15) is 9.78 Å². The minimum Gasteiger partial charge on any atom is -0.292 e. The largest absolute Gasteiger partial charge is 0.292 e. The second kappa shape index (κ2) is 8.46. The number of carbonyl (C=O) groups excluding carboxylic acids is 1. The summed E-state index contributed by atoms with van der Waals surface area (Å²) in [6.07, 6.45) is 1.54. The van der Waals surface area contributed by atoms with Crippen LogP contribution in [0.1, 0.15) is 41.9 Å². The van der Waals surface area contributed by atoms with E-state index in [-0.39, 0.29) is 11.5 Å². The zero-order valence-corrected chi connectivity index (χ0v) is 17.5. The fourth-order valence-corrected chi connectivity index (χ4v) is 4.15. The first kappa shape index (κ1) is 19.8. The number of hydrazone groups is 1. The lowest BCUT2D eigenvalue weighted by molar-refractivity contribution is 0.0955. The van der Waals surface area contributed by atoms with Crippen molar-refractivity contribution in [3.8, 4) is 5.13 Å². The van der Waals surface area contributed by atoms with Crippen molar-refractivity contribution in [2.45, 2.75) is 26.7 Å². The van der Waals surface area contributed by atoms with Gasteiger partial charge in [-0.3, -0.25) is 14.7 Å². The maximum Gasteiger partial charge on any atom is 0.282 e. The Morgan fingerprint density at radius 1 is 1.17 bits per heavy atom. The quantitative estimate of drug-likeness (QED) is 0.367. The zero-order valence-electron chi connectivity index (χ0n) is 16.7. The van der Waals surface area contributed by atoms with Crippen LogP contribution in [0.15, 0.2) is 64.5 Å².